The fourth-order valence-electron chi connectivity index (χ4n) is 4.21. The smallest absolute Gasteiger partial charge is 0.254 e. The molecule has 7 nitrogen and oxygen atoms in total. The monoisotopic (exact) mass is 413 g/mol. The number of amides is 1. The molecule has 0 bridgehead atoms. The lowest BCUT2D eigenvalue weighted by atomic mass is 10.1. The SMILES string of the molecule is COc1cccc(-c2nccc([C@H]3CCCN3C(=O)c3ccc4nc(C)[nH]c4c3)n2)c1. The average Bonchev–Trinajstić information content (AvgIpc) is 3.44. The van der Waals surface area contributed by atoms with Gasteiger partial charge in [-0.2, -0.15) is 0 Å². The maximum absolute atomic E-state index is 13.4. The van der Waals surface area contributed by atoms with Crippen LogP contribution in [-0.2, 0) is 0 Å². The summed E-state index contributed by atoms with van der Waals surface area (Å²) in [6.07, 6.45) is 3.59. The molecule has 5 rings (SSSR count). The molecule has 0 radical (unpaired) electrons. The first-order valence-corrected chi connectivity index (χ1v) is 10.4. The number of H-pyrrole nitrogens is 1. The number of aryl methyl sites for hydroxylation is 1. The van der Waals surface area contributed by atoms with Gasteiger partial charge in [-0.1, -0.05) is 12.1 Å². The summed E-state index contributed by atoms with van der Waals surface area (Å²) in [7, 11) is 1.64. The van der Waals surface area contributed by atoms with Gasteiger partial charge in [-0.25, -0.2) is 15.0 Å². The van der Waals surface area contributed by atoms with E-state index in [2.05, 4.69) is 15.0 Å². The number of hydrogen-bond acceptors (Lipinski definition) is 5. The Hall–Kier alpha value is -3.74. The van der Waals surface area contributed by atoms with Gasteiger partial charge in [0.2, 0.25) is 0 Å². The quantitative estimate of drug-likeness (QED) is 0.539. The minimum atomic E-state index is -0.0703. The summed E-state index contributed by atoms with van der Waals surface area (Å²) in [6.45, 7) is 2.62. The van der Waals surface area contributed by atoms with E-state index in [1.165, 1.54) is 0 Å². The molecule has 1 saturated heterocycles. The summed E-state index contributed by atoms with van der Waals surface area (Å²) >= 11 is 0. The predicted octanol–water partition coefficient (Wildman–Crippen LogP) is 4.31. The van der Waals surface area contributed by atoms with Crippen LogP contribution in [0.25, 0.3) is 22.4 Å². The molecule has 2 aromatic heterocycles. The minimum Gasteiger partial charge on any atom is -0.497 e. The molecule has 1 fully saturated rings. The number of hydrogen-bond donors (Lipinski definition) is 1. The molecule has 1 amide bonds. The second kappa shape index (κ2) is 7.83. The highest BCUT2D eigenvalue weighted by Crippen LogP contribution is 2.33. The van der Waals surface area contributed by atoms with E-state index in [1.54, 1.807) is 13.3 Å². The van der Waals surface area contributed by atoms with Gasteiger partial charge < -0.3 is 14.6 Å². The molecule has 2 aromatic carbocycles. The second-order valence-corrected chi connectivity index (χ2v) is 7.75. The van der Waals surface area contributed by atoms with Crippen LogP contribution in [-0.4, -0.2) is 44.4 Å². The van der Waals surface area contributed by atoms with Crippen LogP contribution in [0.3, 0.4) is 0 Å². The number of aromatic amines is 1. The normalized spacial score (nSPS) is 16.1. The number of likely N-dealkylation sites (tertiary alicyclic amines) is 1. The first kappa shape index (κ1) is 19.2. The van der Waals surface area contributed by atoms with Crippen molar-refractivity contribution < 1.29 is 9.53 Å². The third-order valence-corrected chi connectivity index (χ3v) is 5.71. The number of nitrogens with one attached hydrogen (secondary N) is 1. The fourth-order valence-corrected chi connectivity index (χ4v) is 4.21. The van der Waals surface area contributed by atoms with E-state index in [9.17, 15) is 4.79 Å². The number of rotatable bonds is 4. The summed E-state index contributed by atoms with van der Waals surface area (Å²) in [5.74, 6) is 2.24. The summed E-state index contributed by atoms with van der Waals surface area (Å²) in [5.41, 5.74) is 4.14. The van der Waals surface area contributed by atoms with Crippen molar-refractivity contribution in [3.8, 4) is 17.1 Å². The zero-order valence-corrected chi connectivity index (χ0v) is 17.5. The van der Waals surface area contributed by atoms with Gasteiger partial charge in [0.1, 0.15) is 11.6 Å². The van der Waals surface area contributed by atoms with Crippen LogP contribution in [0.5, 0.6) is 5.75 Å². The molecule has 156 valence electrons. The Kier molecular flexibility index (Phi) is 4.86. The summed E-state index contributed by atoms with van der Waals surface area (Å²) in [5, 5.41) is 0. The fraction of sp³-hybridized carbons (Fsp3) is 0.250. The summed E-state index contributed by atoms with van der Waals surface area (Å²) < 4.78 is 5.32. The van der Waals surface area contributed by atoms with Gasteiger partial charge in [0.15, 0.2) is 5.82 Å². The molecule has 1 N–H and O–H groups in total. The van der Waals surface area contributed by atoms with E-state index < -0.39 is 0 Å². The molecule has 0 aliphatic carbocycles. The number of nitrogens with zero attached hydrogens (tertiary/aromatic N) is 4. The van der Waals surface area contributed by atoms with Crippen molar-refractivity contribution in [2.24, 2.45) is 0 Å². The lowest BCUT2D eigenvalue weighted by Gasteiger charge is -2.24. The van der Waals surface area contributed by atoms with Crippen molar-refractivity contribution in [2.75, 3.05) is 13.7 Å². The average molecular weight is 413 g/mol. The number of carbonyl (C=O) groups excluding carboxylic acids is 1. The van der Waals surface area contributed by atoms with Gasteiger partial charge in [0.25, 0.3) is 5.91 Å². The van der Waals surface area contributed by atoms with Crippen LogP contribution < -0.4 is 4.74 Å². The van der Waals surface area contributed by atoms with Crippen LogP contribution in [0, 0.1) is 6.92 Å². The van der Waals surface area contributed by atoms with E-state index in [1.807, 2.05) is 60.4 Å². The van der Waals surface area contributed by atoms with Crippen LogP contribution in [0.4, 0.5) is 0 Å². The molecule has 1 atom stereocenters. The van der Waals surface area contributed by atoms with E-state index in [0.29, 0.717) is 17.9 Å². The van der Waals surface area contributed by atoms with Crippen molar-refractivity contribution in [3.05, 3.63) is 71.8 Å². The minimum absolute atomic E-state index is 0.0122. The Bertz CT molecular complexity index is 1270. The Balaban J connectivity index is 1.45. The van der Waals surface area contributed by atoms with Crippen molar-refractivity contribution in [2.45, 2.75) is 25.8 Å². The highest BCUT2D eigenvalue weighted by molar-refractivity contribution is 5.97. The van der Waals surface area contributed by atoms with Gasteiger partial charge in [-0.15, -0.1) is 0 Å². The van der Waals surface area contributed by atoms with Gasteiger partial charge >= 0.3 is 0 Å². The van der Waals surface area contributed by atoms with Crippen molar-refractivity contribution >= 4 is 16.9 Å². The number of methoxy groups -OCH3 is 1. The summed E-state index contributed by atoms with van der Waals surface area (Å²) in [4.78, 5) is 32.1. The third-order valence-electron chi connectivity index (χ3n) is 5.71. The molecular weight excluding hydrogens is 390 g/mol. The maximum atomic E-state index is 13.4. The van der Waals surface area contributed by atoms with Crippen molar-refractivity contribution in [3.63, 3.8) is 0 Å². The highest BCUT2D eigenvalue weighted by Gasteiger charge is 2.32. The van der Waals surface area contributed by atoms with Crippen molar-refractivity contribution in [1.29, 1.82) is 0 Å². The zero-order valence-electron chi connectivity index (χ0n) is 17.5. The first-order valence-electron chi connectivity index (χ1n) is 10.4. The van der Waals surface area contributed by atoms with Gasteiger partial charge in [0.05, 0.1) is 29.9 Å². The predicted molar refractivity (Wildman–Crippen MR) is 118 cm³/mol. The van der Waals surface area contributed by atoms with E-state index in [0.717, 1.165) is 46.7 Å². The maximum Gasteiger partial charge on any atom is 0.254 e. The van der Waals surface area contributed by atoms with Gasteiger partial charge in [-0.05, 0) is 56.2 Å². The van der Waals surface area contributed by atoms with Crippen LogP contribution in [0.2, 0.25) is 0 Å². The van der Waals surface area contributed by atoms with E-state index in [-0.39, 0.29) is 11.9 Å². The Morgan fingerprint density at radius 3 is 2.94 bits per heavy atom. The molecule has 3 heterocycles. The number of fused-ring (bicyclic) bond motifs is 1. The molecule has 1 aliphatic rings. The Morgan fingerprint density at radius 2 is 2.06 bits per heavy atom. The summed E-state index contributed by atoms with van der Waals surface area (Å²) in [6, 6.07) is 15.1. The lowest BCUT2D eigenvalue weighted by Crippen LogP contribution is -2.31. The molecular formula is C24H23N5O2. The Morgan fingerprint density at radius 1 is 1.16 bits per heavy atom. The number of ether oxygens (including phenoxy) is 1. The molecule has 0 saturated carbocycles. The standard InChI is InChI=1S/C24H23N5O2/c1-15-26-19-9-8-17(14-21(19)27-15)24(30)29-12-4-7-22(29)20-10-11-25-23(28-20)16-5-3-6-18(13-16)31-2/h3,5-6,8-11,13-14,22H,4,7,12H2,1-2H3,(H,26,27)/t22-/m1/s1. The van der Waals surface area contributed by atoms with E-state index >= 15 is 0 Å². The van der Waals surface area contributed by atoms with Gasteiger partial charge in [-0.3, -0.25) is 4.79 Å². The second-order valence-electron chi connectivity index (χ2n) is 7.75. The van der Waals surface area contributed by atoms with Crippen LogP contribution in [0.1, 0.15) is 40.8 Å². The number of benzene rings is 2. The largest absolute Gasteiger partial charge is 0.497 e. The van der Waals surface area contributed by atoms with Crippen molar-refractivity contribution in [1.82, 2.24) is 24.8 Å². The van der Waals surface area contributed by atoms with Crippen LogP contribution >= 0.6 is 0 Å². The lowest BCUT2D eigenvalue weighted by molar-refractivity contribution is 0.0733. The molecule has 7 heteroatoms. The number of carbonyl (C=O) groups is 1. The van der Waals surface area contributed by atoms with E-state index in [4.69, 9.17) is 9.72 Å². The topological polar surface area (TPSA) is 84.0 Å². The number of imidazole rings is 1. The zero-order chi connectivity index (χ0) is 21.4. The molecule has 1 aliphatic heterocycles. The molecule has 4 aromatic rings. The molecule has 0 spiro atoms. The highest BCUT2D eigenvalue weighted by atomic mass is 16.5. The van der Waals surface area contributed by atoms with Crippen LogP contribution in [0.15, 0.2) is 54.7 Å². The molecule has 31 heavy (non-hydrogen) atoms. The molecule has 0 unspecified atom stereocenters. The Labute approximate surface area is 180 Å². The number of aromatic nitrogens is 4. The first-order chi connectivity index (χ1) is 15.1. The third kappa shape index (κ3) is 3.63. The van der Waals surface area contributed by atoms with Gasteiger partial charge in [0, 0.05) is 23.9 Å².